The van der Waals surface area contributed by atoms with Crippen LogP contribution in [0.1, 0.15) is 139 Å². The summed E-state index contributed by atoms with van der Waals surface area (Å²) in [6, 6.07) is 0. The number of hydrogen-bond donors (Lipinski definition) is 1. The van der Waals surface area contributed by atoms with Gasteiger partial charge in [-0.05, 0) is 137 Å². The zero-order chi connectivity index (χ0) is 31.8. The summed E-state index contributed by atoms with van der Waals surface area (Å²) in [6.07, 6.45) is 16.5. The highest BCUT2D eigenvalue weighted by Crippen LogP contribution is 2.68. The number of fused-ring (bicyclic) bond motifs is 5. The number of ether oxygens (including phenoxy) is 1. The van der Waals surface area contributed by atoms with Crippen LogP contribution in [0.4, 0.5) is 0 Å². The van der Waals surface area contributed by atoms with E-state index in [0.29, 0.717) is 36.1 Å². The lowest BCUT2D eigenvalue weighted by Crippen LogP contribution is -2.56. The van der Waals surface area contributed by atoms with Crippen molar-refractivity contribution in [3.8, 4) is 0 Å². The first-order chi connectivity index (χ1) is 20.7. The Hall–Kier alpha value is -1.84. The van der Waals surface area contributed by atoms with E-state index in [4.69, 9.17) is 4.74 Å². The lowest BCUT2D eigenvalue weighted by molar-refractivity contribution is -0.169. The maximum Gasteiger partial charge on any atom is 0.309 e. The standard InChI is InChI=1S/C40H60O4/c1-24(2)26-11-13-32-30(19-26)28(21-34-37(32,5)15-9-17-39(34,7)36(42)43)29-22-35-38(6,16-10-18-40(35,8)44-23-41)33-14-12-27(25(3)4)20-31(29)33/h20,23-26,28,33-35H,9-19,21-22H2,1-8H3,(H,42,43). The molecule has 0 radical (unpaired) electrons. The molecule has 244 valence electrons. The molecular formula is C40H60O4. The zero-order valence-corrected chi connectivity index (χ0v) is 29.1. The minimum Gasteiger partial charge on any atom is -0.481 e. The molecule has 9 atom stereocenters. The third-order valence-electron chi connectivity index (χ3n) is 15.0. The van der Waals surface area contributed by atoms with Gasteiger partial charge < -0.3 is 9.84 Å². The fourth-order valence-electron chi connectivity index (χ4n) is 12.3. The number of rotatable bonds is 6. The van der Waals surface area contributed by atoms with Crippen LogP contribution in [0.2, 0.25) is 0 Å². The molecule has 6 aliphatic carbocycles. The van der Waals surface area contributed by atoms with Gasteiger partial charge in [0.05, 0.1) is 5.41 Å². The number of carbonyl (C=O) groups is 2. The third-order valence-corrected chi connectivity index (χ3v) is 15.0. The highest BCUT2D eigenvalue weighted by molar-refractivity contribution is 5.75. The van der Waals surface area contributed by atoms with Crippen molar-refractivity contribution in [2.75, 3.05) is 0 Å². The van der Waals surface area contributed by atoms with E-state index in [1.807, 2.05) is 0 Å². The van der Waals surface area contributed by atoms with Crippen LogP contribution >= 0.6 is 0 Å². The maximum atomic E-state index is 13.1. The smallest absolute Gasteiger partial charge is 0.309 e. The number of allylic oxidation sites excluding steroid dienone is 6. The molecule has 0 heterocycles. The molecule has 0 spiro atoms. The average Bonchev–Trinajstić information content (AvgIpc) is 2.96. The normalized spacial score (nSPS) is 44.0. The number of hydrogen-bond acceptors (Lipinski definition) is 3. The van der Waals surface area contributed by atoms with Crippen molar-refractivity contribution in [1.82, 2.24) is 0 Å². The molecule has 44 heavy (non-hydrogen) atoms. The maximum absolute atomic E-state index is 13.1. The van der Waals surface area contributed by atoms with E-state index in [9.17, 15) is 14.7 Å². The van der Waals surface area contributed by atoms with Crippen LogP contribution in [-0.4, -0.2) is 23.1 Å². The summed E-state index contributed by atoms with van der Waals surface area (Å²) in [5.41, 5.74) is 7.00. The summed E-state index contributed by atoms with van der Waals surface area (Å²) in [7, 11) is 0. The van der Waals surface area contributed by atoms with Crippen LogP contribution in [0.15, 0.2) is 33.9 Å². The van der Waals surface area contributed by atoms with Gasteiger partial charge in [0.25, 0.3) is 6.47 Å². The average molecular weight is 605 g/mol. The first kappa shape index (κ1) is 32.1. The van der Waals surface area contributed by atoms with Crippen LogP contribution in [0.25, 0.3) is 0 Å². The van der Waals surface area contributed by atoms with E-state index < -0.39 is 17.0 Å². The van der Waals surface area contributed by atoms with Gasteiger partial charge in [0.2, 0.25) is 0 Å². The molecule has 0 amide bonds. The molecule has 0 bridgehead atoms. The molecule has 6 rings (SSSR count). The molecule has 0 saturated heterocycles. The zero-order valence-electron chi connectivity index (χ0n) is 29.1. The largest absolute Gasteiger partial charge is 0.481 e. The van der Waals surface area contributed by atoms with Gasteiger partial charge in [-0.3, -0.25) is 9.59 Å². The van der Waals surface area contributed by atoms with E-state index in [2.05, 4.69) is 61.5 Å². The predicted molar refractivity (Wildman–Crippen MR) is 177 cm³/mol. The van der Waals surface area contributed by atoms with Crippen molar-refractivity contribution in [3.05, 3.63) is 33.9 Å². The number of carbonyl (C=O) groups excluding carboxylic acids is 1. The summed E-state index contributed by atoms with van der Waals surface area (Å²) in [4.78, 5) is 25.1. The Labute approximate surface area is 267 Å². The van der Waals surface area contributed by atoms with Gasteiger partial charge in [0.15, 0.2) is 0 Å². The van der Waals surface area contributed by atoms with Crippen LogP contribution in [-0.2, 0) is 14.3 Å². The Morgan fingerprint density at radius 3 is 2.32 bits per heavy atom. The summed E-state index contributed by atoms with van der Waals surface area (Å²) < 4.78 is 6.09. The molecule has 6 aliphatic rings. The Kier molecular flexibility index (Phi) is 8.14. The molecule has 2 saturated carbocycles. The van der Waals surface area contributed by atoms with Crippen LogP contribution in [0.3, 0.4) is 0 Å². The van der Waals surface area contributed by atoms with E-state index in [1.165, 1.54) is 19.3 Å². The van der Waals surface area contributed by atoms with Crippen molar-refractivity contribution in [2.45, 2.75) is 144 Å². The van der Waals surface area contributed by atoms with Crippen molar-refractivity contribution < 1.29 is 19.4 Å². The Morgan fingerprint density at radius 1 is 0.932 bits per heavy atom. The van der Waals surface area contributed by atoms with Gasteiger partial charge in [-0.2, -0.15) is 0 Å². The number of carboxylic acids is 1. The summed E-state index contributed by atoms with van der Waals surface area (Å²) in [6.45, 7) is 19.4. The summed E-state index contributed by atoms with van der Waals surface area (Å²) >= 11 is 0. The monoisotopic (exact) mass is 604 g/mol. The quantitative estimate of drug-likeness (QED) is 0.242. The second-order valence-corrected chi connectivity index (χ2v) is 17.7. The molecule has 0 aromatic heterocycles. The van der Waals surface area contributed by atoms with Crippen LogP contribution < -0.4 is 0 Å². The van der Waals surface area contributed by atoms with Gasteiger partial charge in [0.1, 0.15) is 5.60 Å². The van der Waals surface area contributed by atoms with Gasteiger partial charge in [-0.1, -0.05) is 76.3 Å². The van der Waals surface area contributed by atoms with Crippen molar-refractivity contribution in [3.63, 3.8) is 0 Å². The molecule has 0 aliphatic heterocycles. The minimum absolute atomic E-state index is 0.0293. The summed E-state index contributed by atoms with van der Waals surface area (Å²) in [5, 5.41) is 10.8. The fourth-order valence-corrected chi connectivity index (χ4v) is 12.3. The van der Waals surface area contributed by atoms with Gasteiger partial charge in [0, 0.05) is 11.8 Å². The second-order valence-electron chi connectivity index (χ2n) is 17.7. The molecular weight excluding hydrogens is 544 g/mol. The highest BCUT2D eigenvalue weighted by atomic mass is 16.5. The van der Waals surface area contributed by atoms with E-state index in [-0.39, 0.29) is 22.7 Å². The molecule has 1 N–H and O–H groups in total. The first-order valence-electron chi connectivity index (χ1n) is 18.2. The summed E-state index contributed by atoms with van der Waals surface area (Å²) in [5.74, 6) is 2.46. The SMILES string of the molecule is CC(C)C1=CC2=C(C3CC4C(C)(C(=O)O)CCCC4(C)C4=C3CC(C(C)C)CC4)CC3C(C)(OC=O)CCCC3(C)C2CC1. The van der Waals surface area contributed by atoms with E-state index in [0.717, 1.165) is 64.2 Å². The molecule has 2 fully saturated rings. The molecule has 4 heteroatoms. The van der Waals surface area contributed by atoms with E-state index >= 15 is 0 Å². The minimum atomic E-state index is -0.696. The van der Waals surface area contributed by atoms with Crippen molar-refractivity contribution >= 4 is 12.4 Å². The van der Waals surface area contributed by atoms with Gasteiger partial charge in [-0.15, -0.1) is 0 Å². The van der Waals surface area contributed by atoms with Crippen LogP contribution in [0.5, 0.6) is 0 Å². The fraction of sp³-hybridized carbons (Fsp3) is 0.800. The number of aliphatic carboxylic acids is 1. The lowest BCUT2D eigenvalue weighted by atomic mass is 9.43. The third kappa shape index (κ3) is 4.73. The molecule has 0 aromatic carbocycles. The Balaban J connectivity index is 1.58. The Morgan fingerprint density at radius 2 is 1.66 bits per heavy atom. The lowest BCUT2D eigenvalue weighted by Gasteiger charge is -2.61. The molecule has 0 aromatic rings. The predicted octanol–water partition coefficient (Wildman–Crippen LogP) is 10.1. The second kappa shape index (κ2) is 11.2. The van der Waals surface area contributed by atoms with Crippen molar-refractivity contribution in [1.29, 1.82) is 0 Å². The number of carboxylic acid groups (broad SMARTS) is 1. The molecule has 9 unspecified atom stereocenters. The Bertz CT molecular complexity index is 1280. The molecule has 4 nitrogen and oxygen atoms in total. The van der Waals surface area contributed by atoms with Crippen molar-refractivity contribution in [2.24, 2.45) is 57.7 Å². The first-order valence-corrected chi connectivity index (χ1v) is 18.2. The van der Waals surface area contributed by atoms with Gasteiger partial charge in [-0.25, -0.2) is 0 Å². The van der Waals surface area contributed by atoms with Gasteiger partial charge >= 0.3 is 5.97 Å². The van der Waals surface area contributed by atoms with Crippen LogP contribution in [0, 0.1) is 57.7 Å². The topological polar surface area (TPSA) is 63.6 Å². The van der Waals surface area contributed by atoms with E-state index in [1.54, 1.807) is 27.9 Å². The highest BCUT2D eigenvalue weighted by Gasteiger charge is 2.61.